The highest BCUT2D eigenvalue weighted by Crippen LogP contribution is 2.50. The van der Waals surface area contributed by atoms with Gasteiger partial charge in [0.1, 0.15) is 0 Å². The molecule has 0 saturated carbocycles. The minimum atomic E-state index is -6.01. The van der Waals surface area contributed by atoms with Gasteiger partial charge in [-0.1, -0.05) is 31.9 Å². The van der Waals surface area contributed by atoms with Crippen LogP contribution in [0.3, 0.4) is 0 Å². The Hall–Kier alpha value is 0.470. The first-order valence-electron chi connectivity index (χ1n) is 3.01. The fourth-order valence-electron chi connectivity index (χ4n) is 0.622. The lowest BCUT2D eigenvalue weighted by atomic mass is 10.0. The molecule has 0 nitrogen and oxygen atoms in total. The first-order valence-corrected chi connectivity index (χ1v) is 5.04. The fourth-order valence-corrected chi connectivity index (χ4v) is 1.59. The van der Waals surface area contributed by atoms with Crippen LogP contribution in [0.5, 0.6) is 0 Å². The van der Waals surface area contributed by atoms with Crippen molar-refractivity contribution in [1.29, 1.82) is 0 Å². The van der Waals surface area contributed by atoms with Gasteiger partial charge in [-0.2, -0.15) is 26.3 Å². The second-order valence-electron chi connectivity index (χ2n) is 2.33. The summed E-state index contributed by atoms with van der Waals surface area (Å²) in [5, 5.41) is -0.817. The molecule has 0 aliphatic heterocycles. The number of halogens is 9. The van der Waals surface area contributed by atoms with E-state index in [1.165, 1.54) is 0 Å². The first-order chi connectivity index (χ1) is 5.98. The predicted octanol–water partition coefficient (Wildman–Crippen LogP) is 3.98. The van der Waals surface area contributed by atoms with E-state index in [2.05, 4.69) is 15.9 Å². The highest BCUT2D eigenvalue weighted by Gasteiger charge is 2.75. The van der Waals surface area contributed by atoms with Crippen molar-refractivity contribution in [2.75, 3.05) is 5.33 Å². The predicted molar refractivity (Wildman–Crippen MR) is 42.5 cm³/mol. The average molecular weight is 356 g/mol. The molecule has 9 heteroatoms. The van der Waals surface area contributed by atoms with Gasteiger partial charge in [-0.05, 0) is 0 Å². The molecule has 0 aliphatic rings. The van der Waals surface area contributed by atoms with E-state index in [1.807, 2.05) is 15.9 Å². The Bertz CT molecular complexity index is 181. The molecular weight excluding hydrogens is 353 g/mol. The minimum Gasteiger partial charge on any atom is -0.222 e. The number of hydrogen-bond acceptors (Lipinski definition) is 0. The highest BCUT2D eigenvalue weighted by molar-refractivity contribution is 9.12. The summed E-state index contributed by atoms with van der Waals surface area (Å²) in [7, 11) is 0. The van der Waals surface area contributed by atoms with E-state index in [0.717, 1.165) is 0 Å². The lowest BCUT2D eigenvalue weighted by Gasteiger charge is -2.32. The zero-order valence-corrected chi connectivity index (χ0v) is 9.36. The van der Waals surface area contributed by atoms with E-state index < -0.39 is 28.2 Å². The molecule has 0 aliphatic carbocycles. The van der Waals surface area contributed by atoms with Gasteiger partial charge < -0.3 is 0 Å². The Kier molecular flexibility index (Phi) is 4.29. The molecule has 86 valence electrons. The van der Waals surface area contributed by atoms with Crippen molar-refractivity contribution >= 4 is 31.9 Å². The highest BCUT2D eigenvalue weighted by atomic mass is 79.9. The van der Waals surface area contributed by atoms with Gasteiger partial charge in [-0.15, -0.1) is 0 Å². The molecule has 0 saturated heterocycles. The average Bonchev–Trinajstić information content (AvgIpc) is 1.97. The number of rotatable bonds is 2. The molecule has 0 aromatic carbocycles. The summed E-state index contributed by atoms with van der Waals surface area (Å²) in [6, 6.07) is 0. The normalized spacial score (nSPS) is 16.9. The topological polar surface area (TPSA) is 0 Å². The molecule has 0 rings (SSSR count). The van der Waals surface area contributed by atoms with Gasteiger partial charge in [0.15, 0.2) is 0 Å². The van der Waals surface area contributed by atoms with Crippen LogP contribution in [0.1, 0.15) is 0 Å². The molecule has 0 aromatic heterocycles. The number of hydrogen-bond donors (Lipinski definition) is 0. The zero-order chi connectivity index (χ0) is 11.8. The van der Waals surface area contributed by atoms with Gasteiger partial charge in [0.25, 0.3) is 0 Å². The summed E-state index contributed by atoms with van der Waals surface area (Å²) in [6.45, 7) is 0. The zero-order valence-electron chi connectivity index (χ0n) is 6.19. The van der Waals surface area contributed by atoms with Gasteiger partial charge in [0.05, 0.1) is 4.83 Å². The Labute approximate surface area is 91.1 Å². The first kappa shape index (κ1) is 14.5. The third kappa shape index (κ3) is 2.34. The van der Waals surface area contributed by atoms with Crippen LogP contribution >= 0.6 is 31.9 Å². The smallest absolute Gasteiger partial charge is 0.222 e. The van der Waals surface area contributed by atoms with Crippen LogP contribution in [0, 0.1) is 0 Å². The maximum atomic E-state index is 12.9. The van der Waals surface area contributed by atoms with Crippen molar-refractivity contribution in [2.45, 2.75) is 22.8 Å². The summed E-state index contributed by atoms with van der Waals surface area (Å²) < 4.78 is 84.2. The molecule has 14 heavy (non-hydrogen) atoms. The monoisotopic (exact) mass is 354 g/mol. The summed E-state index contributed by atoms with van der Waals surface area (Å²) >= 11 is 4.36. The van der Waals surface area contributed by atoms with E-state index in [9.17, 15) is 30.7 Å². The van der Waals surface area contributed by atoms with Crippen molar-refractivity contribution < 1.29 is 30.7 Å². The summed E-state index contributed by atoms with van der Waals surface area (Å²) in [5.74, 6) is 0. The standard InChI is InChI=1S/C5H3Br2F7/c6-1-2(7)3(8,4(9,10)11)5(12,13)14/h2H,1H2. The SMILES string of the molecule is FC(F)(F)C(F)(C(Br)CBr)C(F)(F)F. The van der Waals surface area contributed by atoms with Crippen LogP contribution in [-0.2, 0) is 0 Å². The van der Waals surface area contributed by atoms with Crippen molar-refractivity contribution in [1.82, 2.24) is 0 Å². The van der Waals surface area contributed by atoms with Crippen LogP contribution in [-0.4, -0.2) is 28.2 Å². The van der Waals surface area contributed by atoms with Gasteiger partial charge in [-0.25, -0.2) is 4.39 Å². The Balaban J connectivity index is 5.29. The van der Waals surface area contributed by atoms with Gasteiger partial charge in [-0.3, -0.25) is 0 Å². The van der Waals surface area contributed by atoms with E-state index in [-0.39, 0.29) is 0 Å². The molecule has 1 unspecified atom stereocenters. The maximum absolute atomic E-state index is 12.9. The second kappa shape index (κ2) is 4.15. The minimum absolute atomic E-state index is 0.817. The van der Waals surface area contributed by atoms with Crippen LogP contribution in [0.25, 0.3) is 0 Å². The van der Waals surface area contributed by atoms with E-state index in [1.54, 1.807) is 0 Å². The number of alkyl halides is 9. The lowest BCUT2D eigenvalue weighted by Crippen LogP contribution is -2.59. The summed E-state index contributed by atoms with van der Waals surface area (Å²) in [5.41, 5.74) is -5.25. The molecule has 0 aromatic rings. The van der Waals surface area contributed by atoms with E-state index in [4.69, 9.17) is 0 Å². The Morgan fingerprint density at radius 1 is 0.857 bits per heavy atom. The largest absolute Gasteiger partial charge is 0.432 e. The van der Waals surface area contributed by atoms with Gasteiger partial charge in [0.2, 0.25) is 0 Å². The van der Waals surface area contributed by atoms with Crippen molar-refractivity contribution in [3.05, 3.63) is 0 Å². The van der Waals surface area contributed by atoms with E-state index >= 15 is 0 Å². The third-order valence-electron chi connectivity index (χ3n) is 1.39. The van der Waals surface area contributed by atoms with Crippen LogP contribution in [0.4, 0.5) is 30.7 Å². The molecule has 0 bridgehead atoms. The third-order valence-corrected chi connectivity index (χ3v) is 3.86. The fraction of sp³-hybridized carbons (Fsp3) is 1.00. The van der Waals surface area contributed by atoms with Crippen LogP contribution in [0.15, 0.2) is 0 Å². The van der Waals surface area contributed by atoms with Gasteiger partial charge in [0, 0.05) is 5.33 Å². The molecule has 0 radical (unpaired) electrons. The Morgan fingerprint density at radius 3 is 1.21 bits per heavy atom. The van der Waals surface area contributed by atoms with Gasteiger partial charge >= 0.3 is 18.0 Å². The summed E-state index contributed by atoms with van der Waals surface area (Å²) in [6.07, 6.45) is -12.0. The molecule has 0 N–H and O–H groups in total. The molecule has 0 amide bonds. The lowest BCUT2D eigenvalue weighted by molar-refractivity contribution is -0.338. The quantitative estimate of drug-likeness (QED) is 0.519. The second-order valence-corrected chi connectivity index (χ2v) is 4.08. The maximum Gasteiger partial charge on any atom is 0.432 e. The molecule has 1 atom stereocenters. The molecule has 0 fully saturated rings. The molecule has 0 spiro atoms. The Morgan fingerprint density at radius 2 is 1.14 bits per heavy atom. The van der Waals surface area contributed by atoms with Crippen molar-refractivity contribution in [2.24, 2.45) is 0 Å². The van der Waals surface area contributed by atoms with E-state index in [0.29, 0.717) is 0 Å². The summed E-state index contributed by atoms with van der Waals surface area (Å²) in [4.78, 5) is -2.42. The van der Waals surface area contributed by atoms with Crippen molar-refractivity contribution in [3.8, 4) is 0 Å². The van der Waals surface area contributed by atoms with Crippen molar-refractivity contribution in [3.63, 3.8) is 0 Å². The molecule has 0 heterocycles. The molecular formula is C5H3Br2F7. The van der Waals surface area contributed by atoms with Crippen LogP contribution < -0.4 is 0 Å². The van der Waals surface area contributed by atoms with Crippen LogP contribution in [0.2, 0.25) is 0 Å².